The van der Waals surface area contributed by atoms with Gasteiger partial charge in [-0.05, 0) is 12.1 Å². The molecule has 72 valence electrons. The summed E-state index contributed by atoms with van der Waals surface area (Å²) in [5.41, 5.74) is 13.1. The Balaban J connectivity index is 3.01. The molecule has 1 heterocycles. The third-order valence-corrected chi connectivity index (χ3v) is 2.96. The average Bonchev–Trinajstić information content (AvgIpc) is 2.16. The number of halogens is 2. The first-order chi connectivity index (χ1) is 6.61. The standard InChI is InChI=1S/C9H7BrClN3/c10-4-1-2-5(11)9-7(4)8(13)6(12)3-14-9/h1-3H,12H2,(H2,13,14). The SMILES string of the molecule is Nc1cnc2c(Cl)ccc(Br)c2c1N. The monoisotopic (exact) mass is 271 g/mol. The molecule has 14 heavy (non-hydrogen) atoms. The van der Waals surface area contributed by atoms with Gasteiger partial charge >= 0.3 is 0 Å². The van der Waals surface area contributed by atoms with Gasteiger partial charge in [-0.1, -0.05) is 27.5 Å². The predicted molar refractivity (Wildman–Crippen MR) is 63.3 cm³/mol. The molecule has 0 aliphatic heterocycles. The molecule has 0 aliphatic rings. The largest absolute Gasteiger partial charge is 0.396 e. The van der Waals surface area contributed by atoms with Crippen molar-refractivity contribution in [2.75, 3.05) is 11.5 Å². The van der Waals surface area contributed by atoms with E-state index in [0.717, 1.165) is 9.86 Å². The second-order valence-corrected chi connectivity index (χ2v) is 4.14. The summed E-state index contributed by atoms with van der Waals surface area (Å²) in [6.07, 6.45) is 1.51. The Morgan fingerprint density at radius 1 is 1.29 bits per heavy atom. The third kappa shape index (κ3) is 1.31. The molecule has 0 saturated heterocycles. The maximum Gasteiger partial charge on any atom is 0.0921 e. The van der Waals surface area contributed by atoms with E-state index in [2.05, 4.69) is 20.9 Å². The first-order valence-corrected chi connectivity index (χ1v) is 5.06. The van der Waals surface area contributed by atoms with Crippen molar-refractivity contribution >= 4 is 49.8 Å². The van der Waals surface area contributed by atoms with Crippen molar-refractivity contribution in [2.45, 2.75) is 0 Å². The van der Waals surface area contributed by atoms with Crippen LogP contribution in [-0.4, -0.2) is 4.98 Å². The molecule has 1 aromatic carbocycles. The van der Waals surface area contributed by atoms with Crippen LogP contribution in [0, 0.1) is 0 Å². The summed E-state index contributed by atoms with van der Waals surface area (Å²) in [5, 5.41) is 1.33. The lowest BCUT2D eigenvalue weighted by Gasteiger charge is -2.07. The van der Waals surface area contributed by atoms with E-state index in [-0.39, 0.29) is 0 Å². The molecule has 0 atom stereocenters. The molecular formula is C9H7BrClN3. The normalized spacial score (nSPS) is 10.7. The number of hydrogen-bond acceptors (Lipinski definition) is 3. The van der Waals surface area contributed by atoms with Gasteiger partial charge in [-0.2, -0.15) is 0 Å². The van der Waals surface area contributed by atoms with Gasteiger partial charge in [-0.25, -0.2) is 0 Å². The van der Waals surface area contributed by atoms with Crippen LogP contribution in [-0.2, 0) is 0 Å². The van der Waals surface area contributed by atoms with Crippen molar-refractivity contribution in [1.82, 2.24) is 4.98 Å². The van der Waals surface area contributed by atoms with Gasteiger partial charge in [0.15, 0.2) is 0 Å². The lowest BCUT2D eigenvalue weighted by Crippen LogP contribution is -1.97. The number of benzene rings is 1. The third-order valence-electron chi connectivity index (χ3n) is 1.99. The molecule has 0 spiro atoms. The Kier molecular flexibility index (Phi) is 2.25. The summed E-state index contributed by atoms with van der Waals surface area (Å²) < 4.78 is 0.842. The number of rotatable bonds is 0. The second kappa shape index (κ2) is 3.29. The molecule has 0 saturated carbocycles. The zero-order valence-corrected chi connectivity index (χ0v) is 9.43. The van der Waals surface area contributed by atoms with Crippen LogP contribution in [0.15, 0.2) is 22.8 Å². The van der Waals surface area contributed by atoms with E-state index in [4.69, 9.17) is 23.1 Å². The zero-order chi connectivity index (χ0) is 10.3. The van der Waals surface area contributed by atoms with Crippen LogP contribution < -0.4 is 11.5 Å². The number of hydrogen-bond donors (Lipinski definition) is 2. The van der Waals surface area contributed by atoms with Gasteiger partial charge < -0.3 is 11.5 Å². The molecule has 0 aliphatic carbocycles. The van der Waals surface area contributed by atoms with Gasteiger partial charge in [0, 0.05) is 9.86 Å². The number of nitrogen functional groups attached to an aromatic ring is 2. The highest BCUT2D eigenvalue weighted by atomic mass is 79.9. The molecule has 2 rings (SSSR count). The smallest absolute Gasteiger partial charge is 0.0921 e. The molecule has 3 nitrogen and oxygen atoms in total. The number of nitrogens with two attached hydrogens (primary N) is 2. The van der Waals surface area contributed by atoms with E-state index in [9.17, 15) is 0 Å². The lowest BCUT2D eigenvalue weighted by molar-refractivity contribution is 1.41. The van der Waals surface area contributed by atoms with Gasteiger partial charge in [0.2, 0.25) is 0 Å². The summed E-state index contributed by atoms with van der Waals surface area (Å²) >= 11 is 9.36. The Labute approximate surface area is 94.2 Å². The highest BCUT2D eigenvalue weighted by Gasteiger charge is 2.09. The van der Waals surface area contributed by atoms with E-state index in [1.165, 1.54) is 6.20 Å². The fourth-order valence-electron chi connectivity index (χ4n) is 1.27. The van der Waals surface area contributed by atoms with Crippen molar-refractivity contribution in [3.63, 3.8) is 0 Å². The summed E-state index contributed by atoms with van der Waals surface area (Å²) in [5.74, 6) is 0. The van der Waals surface area contributed by atoms with Gasteiger partial charge in [0.05, 0.1) is 28.1 Å². The van der Waals surface area contributed by atoms with Crippen LogP contribution >= 0.6 is 27.5 Å². The second-order valence-electron chi connectivity index (χ2n) is 2.88. The summed E-state index contributed by atoms with van der Waals surface area (Å²) in [6, 6.07) is 3.58. The first-order valence-electron chi connectivity index (χ1n) is 3.89. The first kappa shape index (κ1) is 9.55. The van der Waals surface area contributed by atoms with Crippen LogP contribution in [0.5, 0.6) is 0 Å². The summed E-state index contributed by atoms with van der Waals surface area (Å²) in [4.78, 5) is 4.14. The Morgan fingerprint density at radius 3 is 2.71 bits per heavy atom. The number of anilines is 2. The minimum Gasteiger partial charge on any atom is -0.396 e. The highest BCUT2D eigenvalue weighted by Crippen LogP contribution is 2.34. The maximum atomic E-state index is 5.97. The lowest BCUT2D eigenvalue weighted by atomic mass is 10.2. The molecule has 1 aromatic heterocycles. The molecule has 4 N–H and O–H groups in total. The van der Waals surface area contributed by atoms with E-state index in [1.807, 2.05) is 6.07 Å². The van der Waals surface area contributed by atoms with Gasteiger partial charge in [0.25, 0.3) is 0 Å². The molecule has 2 aromatic rings. The molecule has 5 heteroatoms. The minimum atomic E-state index is 0.459. The van der Waals surface area contributed by atoms with Crippen LogP contribution in [0.1, 0.15) is 0 Å². The molecule has 0 fully saturated rings. The quantitative estimate of drug-likeness (QED) is 0.775. The molecule has 0 amide bonds. The van der Waals surface area contributed by atoms with Crippen molar-refractivity contribution in [2.24, 2.45) is 0 Å². The van der Waals surface area contributed by atoms with Crippen molar-refractivity contribution in [3.8, 4) is 0 Å². The van der Waals surface area contributed by atoms with Crippen LogP contribution in [0.4, 0.5) is 11.4 Å². The van der Waals surface area contributed by atoms with Gasteiger partial charge in [0.1, 0.15) is 0 Å². The number of fused-ring (bicyclic) bond motifs is 1. The van der Waals surface area contributed by atoms with E-state index < -0.39 is 0 Å². The van der Waals surface area contributed by atoms with E-state index in [0.29, 0.717) is 21.9 Å². The Bertz CT molecular complexity index is 513. The average molecular weight is 273 g/mol. The van der Waals surface area contributed by atoms with E-state index >= 15 is 0 Å². The zero-order valence-electron chi connectivity index (χ0n) is 7.09. The fraction of sp³-hybridized carbons (Fsp3) is 0. The van der Waals surface area contributed by atoms with Crippen LogP contribution in [0.2, 0.25) is 5.02 Å². The predicted octanol–water partition coefficient (Wildman–Crippen LogP) is 2.82. The Morgan fingerprint density at radius 2 is 2.00 bits per heavy atom. The fourth-order valence-corrected chi connectivity index (χ4v) is 2.01. The number of pyridine rings is 1. The topological polar surface area (TPSA) is 64.9 Å². The summed E-state index contributed by atoms with van der Waals surface area (Å²) in [6.45, 7) is 0. The minimum absolute atomic E-state index is 0.459. The van der Waals surface area contributed by atoms with Gasteiger partial charge in [-0.3, -0.25) is 4.98 Å². The molecule has 0 bridgehead atoms. The van der Waals surface area contributed by atoms with Gasteiger partial charge in [-0.15, -0.1) is 0 Å². The molecule has 0 unspecified atom stereocenters. The summed E-state index contributed by atoms with van der Waals surface area (Å²) in [7, 11) is 0. The van der Waals surface area contributed by atoms with E-state index in [1.54, 1.807) is 6.07 Å². The van der Waals surface area contributed by atoms with Crippen molar-refractivity contribution < 1.29 is 0 Å². The molecular weight excluding hydrogens is 265 g/mol. The highest BCUT2D eigenvalue weighted by molar-refractivity contribution is 9.10. The van der Waals surface area contributed by atoms with Crippen LogP contribution in [0.3, 0.4) is 0 Å². The van der Waals surface area contributed by atoms with Crippen LogP contribution in [0.25, 0.3) is 10.9 Å². The van der Waals surface area contributed by atoms with Crippen molar-refractivity contribution in [3.05, 3.63) is 27.8 Å². The van der Waals surface area contributed by atoms with Crippen molar-refractivity contribution in [1.29, 1.82) is 0 Å². The number of nitrogens with zero attached hydrogens (tertiary/aromatic N) is 1. The number of aromatic nitrogens is 1. The maximum absolute atomic E-state index is 5.97. The Hall–Kier alpha value is -1.00. The molecule has 0 radical (unpaired) electrons.